The molecule has 0 unspecified atom stereocenters. The first-order valence-corrected chi connectivity index (χ1v) is 17.5. The second kappa shape index (κ2) is 19.2. The van der Waals surface area contributed by atoms with Crippen molar-refractivity contribution >= 4 is 18.4 Å². The number of carbonyl (C=O) groups is 1. The minimum Gasteiger partial charge on any atom is -1.00 e. The summed E-state index contributed by atoms with van der Waals surface area (Å²) in [6.45, 7) is 1.89. The van der Waals surface area contributed by atoms with E-state index < -0.39 is 0 Å². The van der Waals surface area contributed by atoms with E-state index in [0.717, 1.165) is 37.2 Å². The fraction of sp³-hybridized carbons (Fsp3) is 0.742. The Hall–Kier alpha value is -0.00662. The van der Waals surface area contributed by atoms with E-state index in [2.05, 4.69) is 17.9 Å². The van der Waals surface area contributed by atoms with Crippen molar-refractivity contribution in [2.24, 2.45) is 0 Å². The molecule has 0 radical (unpaired) electrons. The van der Waals surface area contributed by atoms with Gasteiger partial charge in [-0.15, -0.1) is 0 Å². The molecule has 1 heterocycles. The summed E-state index contributed by atoms with van der Waals surface area (Å²) in [7, 11) is 0.385. The molecule has 7 heteroatoms. The van der Waals surface area contributed by atoms with Gasteiger partial charge in [-0.2, -0.15) is 0 Å². The summed E-state index contributed by atoms with van der Waals surface area (Å²) in [5, 5.41) is 0. The number of rotatable bonds is 7. The van der Waals surface area contributed by atoms with Crippen molar-refractivity contribution in [1.82, 2.24) is 4.90 Å². The second-order valence-corrected chi connectivity index (χ2v) is 14.9. The molecule has 4 aliphatic rings. The van der Waals surface area contributed by atoms with E-state index in [1.807, 2.05) is 33.8 Å². The monoisotopic (exact) mass is 669 g/mol. The Morgan fingerprint density at radius 3 is 1.66 bits per heavy atom. The van der Waals surface area contributed by atoms with E-state index in [0.29, 0.717) is 7.92 Å². The number of hydrogen-bond donors (Lipinski definition) is 0. The fourth-order valence-corrected chi connectivity index (χ4v) is 12.0. The van der Waals surface area contributed by atoms with Gasteiger partial charge in [0.05, 0.1) is 0 Å². The summed E-state index contributed by atoms with van der Waals surface area (Å²) in [5.41, 5.74) is 4.57. The number of benzene rings is 1. The van der Waals surface area contributed by atoms with Gasteiger partial charge < -0.3 is 24.8 Å². The number of ether oxygens (including phenoxy) is 1. The zero-order valence-corrected chi connectivity index (χ0v) is 27.2. The molecule has 4 fully saturated rings. The van der Waals surface area contributed by atoms with Gasteiger partial charge >= 0.3 is 111 Å². The molecule has 0 spiro atoms. The van der Waals surface area contributed by atoms with Gasteiger partial charge in [0.2, 0.25) is 0 Å². The summed E-state index contributed by atoms with van der Waals surface area (Å²) in [4.78, 5) is 13.7. The summed E-state index contributed by atoms with van der Waals surface area (Å²) in [6, 6.07) is 7.71. The predicted octanol–water partition coefficient (Wildman–Crippen LogP) is 1.86. The zero-order valence-electron chi connectivity index (χ0n) is 23.1. The smallest absolute Gasteiger partial charge is 1.00 e. The van der Waals surface area contributed by atoms with Crippen molar-refractivity contribution in [2.75, 3.05) is 19.7 Å². The van der Waals surface area contributed by atoms with Crippen LogP contribution in [0.4, 0.5) is 0 Å². The molecule has 3 nitrogen and oxygen atoms in total. The maximum absolute atomic E-state index is 11.8. The molecule has 3 aliphatic carbocycles. The van der Waals surface area contributed by atoms with E-state index in [4.69, 9.17) is 4.74 Å². The minimum atomic E-state index is 0. The van der Waals surface area contributed by atoms with Crippen LogP contribution >= 0.6 is 7.92 Å². The van der Waals surface area contributed by atoms with Gasteiger partial charge in [-0.05, 0) is 55.5 Å². The molecular formula is C31H48Cl2NO2PRu-. The number of likely N-dealkylation sites (tertiary alicyclic amines) is 1. The van der Waals surface area contributed by atoms with E-state index in [1.165, 1.54) is 36.2 Å². The van der Waals surface area contributed by atoms with Crippen LogP contribution in [0, 0.1) is 0 Å². The molecule has 1 saturated heterocycles. The molecule has 0 atom stereocenters. The minimum absolute atomic E-state index is 0. The van der Waals surface area contributed by atoms with Gasteiger partial charge in [-0.1, -0.05) is 65.7 Å². The topological polar surface area (TPSA) is 29.5 Å². The van der Waals surface area contributed by atoms with Gasteiger partial charge in [0, 0.05) is 0 Å². The maximum Gasteiger partial charge on any atom is -1.00 e. The first kappa shape index (κ1) is 34.2. The fourth-order valence-electron chi connectivity index (χ4n) is 6.93. The number of hydrogen-bond acceptors (Lipinski definition) is 2. The third-order valence-corrected chi connectivity index (χ3v) is 13.4. The quantitative estimate of drug-likeness (QED) is 0.328. The third-order valence-electron chi connectivity index (χ3n) is 8.83. The Kier molecular flexibility index (Phi) is 17.3. The van der Waals surface area contributed by atoms with Crippen molar-refractivity contribution < 1.29 is 52.2 Å². The molecule has 217 valence electrons. The molecule has 0 bridgehead atoms. The first-order chi connectivity index (χ1) is 17.8. The van der Waals surface area contributed by atoms with Gasteiger partial charge in [0.15, 0.2) is 0 Å². The van der Waals surface area contributed by atoms with Crippen molar-refractivity contribution in [3.05, 3.63) is 29.8 Å². The molecular weight excluding hydrogens is 621 g/mol. The summed E-state index contributed by atoms with van der Waals surface area (Å²) in [6.07, 6.45) is 25.8. The van der Waals surface area contributed by atoms with Crippen LogP contribution in [0.1, 0.15) is 115 Å². The normalized spacial score (nSPS) is 21.0. The third kappa shape index (κ3) is 10.4. The molecule has 5 rings (SSSR count). The van der Waals surface area contributed by atoms with Crippen LogP contribution in [0.2, 0.25) is 0 Å². The average molecular weight is 670 g/mol. The van der Waals surface area contributed by atoms with Gasteiger partial charge in [0.25, 0.3) is 0 Å². The molecule has 1 aromatic rings. The van der Waals surface area contributed by atoms with Crippen molar-refractivity contribution in [1.29, 1.82) is 0 Å². The molecule has 0 N–H and O–H groups in total. The Labute approximate surface area is 255 Å². The van der Waals surface area contributed by atoms with Gasteiger partial charge in [-0.3, -0.25) is 0 Å². The largest absolute Gasteiger partial charge is 1.00 e. The van der Waals surface area contributed by atoms with Gasteiger partial charge in [-0.25, -0.2) is 0 Å². The van der Waals surface area contributed by atoms with Crippen LogP contribution in [0.25, 0.3) is 0 Å². The van der Waals surface area contributed by atoms with Crippen LogP contribution in [0.5, 0.6) is 5.75 Å². The van der Waals surface area contributed by atoms with Crippen LogP contribution in [0.15, 0.2) is 24.3 Å². The molecule has 0 aromatic heterocycles. The molecule has 1 aliphatic heterocycles. The van der Waals surface area contributed by atoms with Gasteiger partial charge in [0.1, 0.15) is 0 Å². The van der Waals surface area contributed by atoms with E-state index in [1.54, 1.807) is 77.0 Å². The molecule has 1 amide bonds. The molecule has 1 aromatic carbocycles. The average Bonchev–Trinajstić information content (AvgIpc) is 3.50. The molecule has 38 heavy (non-hydrogen) atoms. The number of amides is 1. The van der Waals surface area contributed by atoms with E-state index in [-0.39, 0.29) is 37.3 Å². The zero-order chi connectivity index (χ0) is 25.0. The number of halogens is 2. The molecule has 3 saturated carbocycles. The van der Waals surface area contributed by atoms with Crippen molar-refractivity contribution in [3.63, 3.8) is 0 Å². The summed E-state index contributed by atoms with van der Waals surface area (Å²) in [5.74, 6) is 0.848. The van der Waals surface area contributed by atoms with Crippen LogP contribution < -0.4 is 29.6 Å². The van der Waals surface area contributed by atoms with Crippen LogP contribution in [-0.4, -0.2) is 52.1 Å². The Balaban J connectivity index is 0.000000255. The number of carbonyl (C=O) groups excluding carboxylic acids is 1. The maximum atomic E-state index is 11.8. The summed E-state index contributed by atoms with van der Waals surface area (Å²) >= 11 is 2.46. The Bertz CT molecular complexity index is 762. The first-order valence-electron chi connectivity index (χ1n) is 15.0. The SMILES string of the molecule is C1CCC(P(C2CCCCC2)C2CCCCC2)CC1.O=C(COc1ccccc1[CH]=[Ru+])N1CCCC1.[Cl-].[Cl-]. The van der Waals surface area contributed by atoms with E-state index >= 15 is 0 Å². The van der Waals surface area contributed by atoms with Crippen molar-refractivity contribution in [2.45, 2.75) is 126 Å². The van der Waals surface area contributed by atoms with Crippen LogP contribution in [0.3, 0.4) is 0 Å². The summed E-state index contributed by atoms with van der Waals surface area (Å²) < 4.78 is 7.48. The predicted molar refractivity (Wildman–Crippen MR) is 150 cm³/mol. The number of para-hydroxylation sites is 1. The Morgan fingerprint density at radius 2 is 1.21 bits per heavy atom. The second-order valence-electron chi connectivity index (χ2n) is 11.3. The van der Waals surface area contributed by atoms with Crippen molar-refractivity contribution in [3.8, 4) is 5.75 Å². The standard InChI is InChI=1S/C18H33P.C13H15NO2.2ClH.Ru/c1-4-10-16(11-5-1)19(17-12-6-2-7-13-17)18-14-8-3-9-15-18;1-11-6-2-3-7-12(11)16-10-13(15)14-8-4-5-9-14;;;/h16-18H,1-15H2;1-3,6-7H,4-5,8-10H2;2*1H;/q;;;;+1/p-2. The number of nitrogens with zero attached hydrogens (tertiary/aromatic N) is 1. The Morgan fingerprint density at radius 1 is 0.763 bits per heavy atom. The van der Waals surface area contributed by atoms with Crippen LogP contribution in [-0.2, 0) is 22.6 Å². The van der Waals surface area contributed by atoms with E-state index in [9.17, 15) is 4.79 Å².